The highest BCUT2D eigenvalue weighted by molar-refractivity contribution is 7.98. The van der Waals surface area contributed by atoms with Crippen LogP contribution in [0.4, 0.5) is 5.82 Å². The van der Waals surface area contributed by atoms with Crippen LogP contribution in [-0.4, -0.2) is 40.0 Å². The molecule has 30 heavy (non-hydrogen) atoms. The second-order valence-corrected chi connectivity index (χ2v) is 7.69. The number of carbonyl (C=O) groups excluding carboxylic acids is 1. The van der Waals surface area contributed by atoms with Gasteiger partial charge in [0.15, 0.2) is 0 Å². The summed E-state index contributed by atoms with van der Waals surface area (Å²) in [5.41, 5.74) is 9.58. The van der Waals surface area contributed by atoms with E-state index in [-0.39, 0.29) is 0 Å². The van der Waals surface area contributed by atoms with Crippen LogP contribution < -0.4 is 11.1 Å². The number of hydrogen-bond acceptors (Lipinski definition) is 5. The van der Waals surface area contributed by atoms with Crippen molar-refractivity contribution in [1.82, 2.24) is 10.3 Å². The first kappa shape index (κ1) is 21.4. The van der Waals surface area contributed by atoms with E-state index in [1.807, 2.05) is 48.7 Å². The molecule has 0 aliphatic carbocycles. The number of carboxylic acid groups (broad SMARTS) is 1. The van der Waals surface area contributed by atoms with Crippen molar-refractivity contribution in [3.05, 3.63) is 72.4 Å². The number of hydrogen-bond donors (Lipinski definition) is 3. The number of pyridine rings is 1. The van der Waals surface area contributed by atoms with Crippen molar-refractivity contribution in [2.75, 3.05) is 17.7 Å². The number of nitrogens with two attached hydrogens (primary N) is 1. The number of nitrogens with zero attached hydrogens (tertiary/aromatic N) is 1. The highest BCUT2D eigenvalue weighted by Gasteiger charge is 2.22. The van der Waals surface area contributed by atoms with Crippen molar-refractivity contribution >= 4 is 29.5 Å². The number of aromatic nitrogens is 1. The highest BCUT2D eigenvalue weighted by atomic mass is 32.2. The molecular weight excluding hydrogens is 398 g/mol. The Hall–Kier alpha value is -3.32. The zero-order chi connectivity index (χ0) is 21.5. The molecule has 0 fully saturated rings. The van der Waals surface area contributed by atoms with Crippen LogP contribution in [0.5, 0.6) is 0 Å². The van der Waals surface area contributed by atoms with Gasteiger partial charge in [0, 0.05) is 17.3 Å². The molecule has 0 aliphatic rings. The minimum absolute atomic E-state index is 0.354. The first-order valence-electron chi connectivity index (χ1n) is 9.44. The average Bonchev–Trinajstić information content (AvgIpc) is 2.77. The fourth-order valence-corrected chi connectivity index (χ4v) is 3.63. The van der Waals surface area contributed by atoms with Crippen molar-refractivity contribution < 1.29 is 14.7 Å². The van der Waals surface area contributed by atoms with Crippen LogP contribution in [0.1, 0.15) is 16.8 Å². The van der Waals surface area contributed by atoms with Gasteiger partial charge in [0.05, 0.1) is 0 Å². The van der Waals surface area contributed by atoms with Crippen LogP contribution in [0.3, 0.4) is 0 Å². The standard InChI is InChI=1S/C23H23N3O3S/c1-30-13-11-20(23(28)29)26-22(27)18-10-9-16(17-8-5-12-25-21(17)24)14-19(18)15-6-3-2-4-7-15/h2-10,12,14,20H,11,13H2,1H3,(H2,24,25)(H,26,27)(H,28,29)/t20-/m0/s1. The van der Waals surface area contributed by atoms with Gasteiger partial charge in [0.25, 0.3) is 5.91 Å². The third kappa shape index (κ3) is 4.99. The number of carbonyl (C=O) groups is 2. The Kier molecular flexibility index (Phi) is 7.08. The average molecular weight is 422 g/mol. The molecule has 4 N–H and O–H groups in total. The number of amides is 1. The van der Waals surface area contributed by atoms with E-state index in [1.54, 1.807) is 24.4 Å². The molecule has 2 aromatic carbocycles. The van der Waals surface area contributed by atoms with Gasteiger partial charge in [-0.15, -0.1) is 0 Å². The lowest BCUT2D eigenvalue weighted by Crippen LogP contribution is -2.41. The van der Waals surface area contributed by atoms with E-state index in [1.165, 1.54) is 11.8 Å². The van der Waals surface area contributed by atoms with Crippen LogP contribution in [0.25, 0.3) is 22.3 Å². The van der Waals surface area contributed by atoms with Gasteiger partial charge in [0.1, 0.15) is 11.9 Å². The van der Waals surface area contributed by atoms with Gasteiger partial charge < -0.3 is 16.2 Å². The van der Waals surface area contributed by atoms with Gasteiger partial charge in [-0.25, -0.2) is 9.78 Å². The van der Waals surface area contributed by atoms with Crippen LogP contribution in [0, 0.1) is 0 Å². The second kappa shape index (κ2) is 9.93. The summed E-state index contributed by atoms with van der Waals surface area (Å²) in [5.74, 6) is -0.426. The number of aliphatic carboxylic acids is 1. The van der Waals surface area contributed by atoms with Crippen LogP contribution in [0.2, 0.25) is 0 Å². The molecule has 0 saturated heterocycles. The quantitative estimate of drug-likeness (QED) is 0.509. The topological polar surface area (TPSA) is 105 Å². The molecule has 1 atom stereocenters. The number of benzene rings is 2. The molecule has 0 spiro atoms. The lowest BCUT2D eigenvalue weighted by molar-refractivity contribution is -0.139. The molecule has 0 unspecified atom stereocenters. The third-order valence-electron chi connectivity index (χ3n) is 4.71. The Labute approximate surface area is 179 Å². The molecule has 3 aromatic rings. The summed E-state index contributed by atoms with van der Waals surface area (Å²) < 4.78 is 0. The van der Waals surface area contributed by atoms with Crippen LogP contribution >= 0.6 is 11.8 Å². The molecule has 1 heterocycles. The Morgan fingerprint density at radius 3 is 2.50 bits per heavy atom. The van der Waals surface area contributed by atoms with Crippen LogP contribution in [0.15, 0.2) is 66.9 Å². The maximum Gasteiger partial charge on any atom is 0.326 e. The van der Waals surface area contributed by atoms with E-state index in [2.05, 4.69) is 10.3 Å². The Bertz CT molecular complexity index is 1040. The zero-order valence-corrected chi connectivity index (χ0v) is 17.4. The zero-order valence-electron chi connectivity index (χ0n) is 16.5. The first-order chi connectivity index (χ1) is 14.5. The molecule has 0 aliphatic heterocycles. The molecule has 154 valence electrons. The fourth-order valence-electron chi connectivity index (χ4n) is 3.16. The molecule has 7 heteroatoms. The number of rotatable bonds is 8. The number of carboxylic acids is 1. The van der Waals surface area contributed by atoms with Crippen molar-refractivity contribution in [2.24, 2.45) is 0 Å². The Morgan fingerprint density at radius 2 is 1.83 bits per heavy atom. The molecule has 1 aromatic heterocycles. The lowest BCUT2D eigenvalue weighted by atomic mass is 9.94. The Morgan fingerprint density at radius 1 is 1.07 bits per heavy atom. The molecule has 6 nitrogen and oxygen atoms in total. The molecule has 0 saturated carbocycles. The lowest BCUT2D eigenvalue weighted by Gasteiger charge is -2.17. The van der Waals surface area contributed by atoms with E-state index in [9.17, 15) is 14.7 Å². The minimum atomic E-state index is -1.04. The number of anilines is 1. The fraction of sp³-hybridized carbons (Fsp3) is 0.174. The monoisotopic (exact) mass is 421 g/mol. The van der Waals surface area contributed by atoms with E-state index in [4.69, 9.17) is 5.73 Å². The second-order valence-electron chi connectivity index (χ2n) is 6.71. The highest BCUT2D eigenvalue weighted by Crippen LogP contribution is 2.31. The van der Waals surface area contributed by atoms with Gasteiger partial charge in [0.2, 0.25) is 0 Å². The summed E-state index contributed by atoms with van der Waals surface area (Å²) >= 11 is 1.54. The Balaban J connectivity index is 2.02. The van der Waals surface area contributed by atoms with E-state index in [0.717, 1.165) is 16.7 Å². The molecular formula is C23H23N3O3S. The van der Waals surface area contributed by atoms with Gasteiger partial charge in [-0.3, -0.25) is 4.79 Å². The van der Waals surface area contributed by atoms with Crippen molar-refractivity contribution in [3.8, 4) is 22.3 Å². The summed E-state index contributed by atoms with van der Waals surface area (Å²) in [4.78, 5) is 28.7. The van der Waals surface area contributed by atoms with E-state index >= 15 is 0 Å². The minimum Gasteiger partial charge on any atom is -0.480 e. The van der Waals surface area contributed by atoms with Crippen molar-refractivity contribution in [1.29, 1.82) is 0 Å². The third-order valence-corrected chi connectivity index (χ3v) is 5.36. The molecule has 1 amide bonds. The number of nitrogen functional groups attached to an aromatic ring is 1. The predicted molar refractivity (Wildman–Crippen MR) is 121 cm³/mol. The normalized spacial score (nSPS) is 11.6. The summed E-state index contributed by atoms with van der Waals surface area (Å²) in [6.07, 6.45) is 3.88. The van der Waals surface area contributed by atoms with Crippen molar-refractivity contribution in [2.45, 2.75) is 12.5 Å². The SMILES string of the molecule is CSCC[C@H](NC(=O)c1ccc(-c2cccnc2N)cc1-c1ccccc1)C(=O)O. The van der Waals surface area contributed by atoms with Gasteiger partial charge in [-0.05, 0) is 59.4 Å². The van der Waals surface area contributed by atoms with Crippen molar-refractivity contribution in [3.63, 3.8) is 0 Å². The van der Waals surface area contributed by atoms with Crippen LogP contribution in [-0.2, 0) is 4.79 Å². The molecule has 0 radical (unpaired) electrons. The summed E-state index contributed by atoms with van der Waals surface area (Å²) in [5, 5.41) is 12.1. The molecule has 0 bridgehead atoms. The summed E-state index contributed by atoms with van der Waals surface area (Å²) in [7, 11) is 0. The van der Waals surface area contributed by atoms with E-state index in [0.29, 0.717) is 29.1 Å². The number of nitrogens with one attached hydrogen (secondary N) is 1. The van der Waals surface area contributed by atoms with Gasteiger partial charge in [-0.1, -0.05) is 36.4 Å². The molecule has 3 rings (SSSR count). The van der Waals surface area contributed by atoms with Gasteiger partial charge >= 0.3 is 5.97 Å². The first-order valence-corrected chi connectivity index (χ1v) is 10.8. The maximum absolute atomic E-state index is 13.0. The smallest absolute Gasteiger partial charge is 0.326 e. The number of thioether (sulfide) groups is 1. The maximum atomic E-state index is 13.0. The van der Waals surface area contributed by atoms with E-state index < -0.39 is 17.9 Å². The largest absolute Gasteiger partial charge is 0.480 e. The predicted octanol–water partition coefficient (Wildman–Crippen LogP) is 3.93. The van der Waals surface area contributed by atoms with Gasteiger partial charge in [-0.2, -0.15) is 11.8 Å². The summed E-state index contributed by atoms with van der Waals surface area (Å²) in [6.45, 7) is 0. The summed E-state index contributed by atoms with van der Waals surface area (Å²) in [6, 6.07) is 17.6.